The van der Waals surface area contributed by atoms with Gasteiger partial charge in [0.05, 0.1) is 13.2 Å². The first-order valence-electron chi connectivity index (χ1n) is 6.10. The van der Waals surface area contributed by atoms with E-state index in [1.165, 1.54) is 0 Å². The van der Waals surface area contributed by atoms with Gasteiger partial charge in [-0.25, -0.2) is 4.79 Å². The van der Waals surface area contributed by atoms with Crippen LogP contribution in [-0.4, -0.2) is 38.5 Å². The van der Waals surface area contributed by atoms with Gasteiger partial charge in [0.15, 0.2) is 6.10 Å². The van der Waals surface area contributed by atoms with Gasteiger partial charge in [-0.3, -0.25) is 0 Å². The fourth-order valence-electron chi connectivity index (χ4n) is 1.70. The Balaban J connectivity index is 2.77. The van der Waals surface area contributed by atoms with Crippen molar-refractivity contribution >= 4 is 5.97 Å². The molecule has 106 valence electrons. The lowest BCUT2D eigenvalue weighted by atomic mass is 10.0. The molecule has 0 saturated carbocycles. The molecule has 0 saturated heterocycles. The number of ether oxygens (including phenoxy) is 3. The third-order valence-electron chi connectivity index (χ3n) is 2.74. The van der Waals surface area contributed by atoms with Gasteiger partial charge in [0.1, 0.15) is 6.10 Å². The molecule has 19 heavy (non-hydrogen) atoms. The Hall–Kier alpha value is -1.43. The van der Waals surface area contributed by atoms with Crippen molar-refractivity contribution in [2.24, 2.45) is 0 Å². The number of aliphatic hydroxyl groups is 1. The Kier molecular flexibility index (Phi) is 6.49. The molecule has 2 unspecified atom stereocenters. The van der Waals surface area contributed by atoms with E-state index in [1.807, 2.05) is 0 Å². The predicted octanol–water partition coefficient (Wildman–Crippen LogP) is 1.62. The van der Waals surface area contributed by atoms with Crippen molar-refractivity contribution in [3.05, 3.63) is 35.4 Å². The highest BCUT2D eigenvalue weighted by Crippen LogP contribution is 2.21. The summed E-state index contributed by atoms with van der Waals surface area (Å²) < 4.78 is 15.1. The predicted molar refractivity (Wildman–Crippen MR) is 69.7 cm³/mol. The quantitative estimate of drug-likeness (QED) is 0.761. The van der Waals surface area contributed by atoms with E-state index in [2.05, 4.69) is 0 Å². The van der Waals surface area contributed by atoms with E-state index in [-0.39, 0.29) is 12.7 Å². The molecular weight excluding hydrogens is 248 g/mol. The molecule has 0 fully saturated rings. The minimum Gasteiger partial charge on any atom is -0.464 e. The lowest BCUT2D eigenvalue weighted by Gasteiger charge is -2.16. The maximum absolute atomic E-state index is 11.4. The summed E-state index contributed by atoms with van der Waals surface area (Å²) in [6, 6.07) is 6.95. The highest BCUT2D eigenvalue weighted by Gasteiger charge is 2.19. The van der Waals surface area contributed by atoms with Gasteiger partial charge >= 0.3 is 5.97 Å². The van der Waals surface area contributed by atoms with E-state index in [0.29, 0.717) is 12.2 Å². The van der Waals surface area contributed by atoms with E-state index in [4.69, 9.17) is 14.2 Å². The normalized spacial score (nSPS) is 13.9. The molecule has 0 heterocycles. The van der Waals surface area contributed by atoms with Crippen molar-refractivity contribution in [3.8, 4) is 0 Å². The number of carbonyl (C=O) groups is 1. The molecule has 1 N–H and O–H groups in total. The zero-order valence-electron chi connectivity index (χ0n) is 11.5. The van der Waals surface area contributed by atoms with Crippen molar-refractivity contribution in [1.82, 2.24) is 0 Å². The first-order valence-corrected chi connectivity index (χ1v) is 6.10. The summed E-state index contributed by atoms with van der Waals surface area (Å²) in [6.07, 6.45) is -1.42. The minimum absolute atomic E-state index is 0.168. The number of rotatable bonds is 7. The summed E-state index contributed by atoms with van der Waals surface area (Å²) >= 11 is 0. The Morgan fingerprint density at radius 2 is 1.79 bits per heavy atom. The molecule has 0 aliphatic rings. The van der Waals surface area contributed by atoms with Gasteiger partial charge in [0.2, 0.25) is 0 Å². The molecule has 2 atom stereocenters. The topological polar surface area (TPSA) is 65.0 Å². The molecule has 0 spiro atoms. The largest absolute Gasteiger partial charge is 0.464 e. The Morgan fingerprint density at radius 3 is 2.26 bits per heavy atom. The van der Waals surface area contributed by atoms with Gasteiger partial charge in [-0.2, -0.15) is 0 Å². The van der Waals surface area contributed by atoms with E-state index in [1.54, 1.807) is 45.4 Å². The molecule has 5 nitrogen and oxygen atoms in total. The molecular formula is C14H20O5. The monoisotopic (exact) mass is 268 g/mol. The van der Waals surface area contributed by atoms with Crippen LogP contribution >= 0.6 is 0 Å². The minimum atomic E-state index is -1.25. The van der Waals surface area contributed by atoms with Crippen molar-refractivity contribution in [2.75, 3.05) is 27.4 Å². The number of benzene rings is 1. The molecule has 1 rings (SSSR count). The summed E-state index contributed by atoms with van der Waals surface area (Å²) in [4.78, 5) is 11.4. The van der Waals surface area contributed by atoms with Crippen LogP contribution in [0.4, 0.5) is 0 Å². The molecule has 0 radical (unpaired) electrons. The van der Waals surface area contributed by atoms with Gasteiger partial charge in [-0.05, 0) is 18.1 Å². The summed E-state index contributed by atoms with van der Waals surface area (Å²) in [5.41, 5.74) is 1.42. The summed E-state index contributed by atoms with van der Waals surface area (Å²) in [7, 11) is 3.20. The third kappa shape index (κ3) is 4.31. The first-order chi connectivity index (χ1) is 9.13. The number of aliphatic hydroxyl groups excluding tert-OH is 1. The number of carbonyl (C=O) groups excluding carboxylic acids is 1. The van der Waals surface area contributed by atoms with Crippen LogP contribution < -0.4 is 0 Å². The number of hydrogen-bond acceptors (Lipinski definition) is 5. The second kappa shape index (κ2) is 7.89. The van der Waals surface area contributed by atoms with Crippen molar-refractivity contribution in [2.45, 2.75) is 19.1 Å². The van der Waals surface area contributed by atoms with Crippen molar-refractivity contribution < 1.29 is 24.1 Å². The lowest BCUT2D eigenvalue weighted by molar-refractivity contribution is -0.153. The van der Waals surface area contributed by atoms with Crippen LogP contribution in [0.1, 0.15) is 30.3 Å². The van der Waals surface area contributed by atoms with Crippen molar-refractivity contribution in [3.63, 3.8) is 0 Å². The fourth-order valence-corrected chi connectivity index (χ4v) is 1.70. The van der Waals surface area contributed by atoms with Crippen LogP contribution in [0.2, 0.25) is 0 Å². The van der Waals surface area contributed by atoms with E-state index < -0.39 is 12.1 Å². The summed E-state index contributed by atoms with van der Waals surface area (Å²) in [5, 5.41) is 9.78. The van der Waals surface area contributed by atoms with Crippen LogP contribution in [0.15, 0.2) is 24.3 Å². The second-order valence-corrected chi connectivity index (χ2v) is 4.00. The van der Waals surface area contributed by atoms with Gasteiger partial charge < -0.3 is 19.3 Å². The van der Waals surface area contributed by atoms with E-state index in [9.17, 15) is 9.90 Å². The van der Waals surface area contributed by atoms with Gasteiger partial charge in [-0.1, -0.05) is 24.3 Å². The number of esters is 1. The highest BCUT2D eigenvalue weighted by atomic mass is 16.5. The SMILES string of the molecule is CCOC(=O)C(O)c1ccc(C(COC)OC)cc1. The highest BCUT2D eigenvalue weighted by molar-refractivity contribution is 5.76. The lowest BCUT2D eigenvalue weighted by Crippen LogP contribution is -2.15. The molecule has 0 aliphatic carbocycles. The second-order valence-electron chi connectivity index (χ2n) is 4.00. The maximum atomic E-state index is 11.4. The third-order valence-corrected chi connectivity index (χ3v) is 2.74. The average molecular weight is 268 g/mol. The Morgan fingerprint density at radius 1 is 1.21 bits per heavy atom. The van der Waals surface area contributed by atoms with Crippen LogP contribution in [0, 0.1) is 0 Å². The summed E-state index contributed by atoms with van der Waals surface area (Å²) in [5.74, 6) is -0.643. The average Bonchev–Trinajstić information content (AvgIpc) is 2.44. The molecule has 0 aliphatic heterocycles. The summed E-state index contributed by atoms with van der Waals surface area (Å²) in [6.45, 7) is 2.38. The van der Waals surface area contributed by atoms with Crippen molar-refractivity contribution in [1.29, 1.82) is 0 Å². The molecule has 5 heteroatoms. The fraction of sp³-hybridized carbons (Fsp3) is 0.500. The standard InChI is InChI=1S/C14H20O5/c1-4-19-14(16)13(15)11-7-5-10(6-8-11)12(18-3)9-17-2/h5-8,12-13,15H,4,9H2,1-3H3. The Labute approximate surface area is 113 Å². The zero-order valence-corrected chi connectivity index (χ0v) is 11.5. The number of hydrogen-bond donors (Lipinski definition) is 1. The first kappa shape index (κ1) is 15.6. The molecule has 1 aromatic rings. The van der Waals surface area contributed by atoms with E-state index in [0.717, 1.165) is 5.56 Å². The maximum Gasteiger partial charge on any atom is 0.339 e. The van der Waals surface area contributed by atoms with Crippen LogP contribution in [-0.2, 0) is 19.0 Å². The van der Waals surface area contributed by atoms with Gasteiger partial charge in [0.25, 0.3) is 0 Å². The smallest absolute Gasteiger partial charge is 0.339 e. The van der Waals surface area contributed by atoms with Crippen LogP contribution in [0.5, 0.6) is 0 Å². The number of methoxy groups -OCH3 is 2. The molecule has 0 aromatic heterocycles. The molecule has 1 aromatic carbocycles. The zero-order chi connectivity index (χ0) is 14.3. The van der Waals surface area contributed by atoms with Gasteiger partial charge in [-0.15, -0.1) is 0 Å². The Bertz CT molecular complexity index is 387. The van der Waals surface area contributed by atoms with Gasteiger partial charge in [0, 0.05) is 14.2 Å². The van der Waals surface area contributed by atoms with Crippen LogP contribution in [0.3, 0.4) is 0 Å². The van der Waals surface area contributed by atoms with E-state index >= 15 is 0 Å². The van der Waals surface area contributed by atoms with Crippen LogP contribution in [0.25, 0.3) is 0 Å². The molecule has 0 bridgehead atoms. The molecule has 0 amide bonds.